The number of amides is 1. The zero-order valence-electron chi connectivity index (χ0n) is 18.7. The highest BCUT2D eigenvalue weighted by Gasteiger charge is 2.30. The lowest BCUT2D eigenvalue weighted by atomic mass is 9.81. The van der Waals surface area contributed by atoms with E-state index >= 15 is 0 Å². The van der Waals surface area contributed by atoms with Crippen LogP contribution in [-0.4, -0.2) is 67.2 Å². The monoisotopic (exact) mass is 417 g/mol. The Bertz CT molecular complexity index is 676. The molecule has 0 saturated carbocycles. The lowest BCUT2D eigenvalue weighted by Crippen LogP contribution is -2.42. The van der Waals surface area contributed by atoms with Crippen molar-refractivity contribution in [2.75, 3.05) is 46.4 Å². The van der Waals surface area contributed by atoms with Crippen molar-refractivity contribution < 1.29 is 14.6 Å². The fraction of sp³-hybridized carbons (Fsp3) is 0.708. The highest BCUT2D eigenvalue weighted by molar-refractivity contribution is 5.76. The number of phenolic OH excluding ortho intramolecular Hbond substituents is 1. The molecule has 0 spiro atoms. The average Bonchev–Trinajstić information content (AvgIpc) is 2.76. The molecule has 6 heteroatoms. The van der Waals surface area contributed by atoms with Crippen molar-refractivity contribution in [1.29, 1.82) is 0 Å². The molecule has 1 aromatic rings. The number of benzene rings is 1. The number of aromatic hydroxyl groups is 1. The average molecular weight is 418 g/mol. The lowest BCUT2D eigenvalue weighted by molar-refractivity contribution is -0.123. The van der Waals surface area contributed by atoms with Crippen LogP contribution in [0.5, 0.6) is 11.5 Å². The number of likely N-dealkylation sites (tertiary alicyclic amines) is 2. The molecular formula is C24H39N3O3. The Balaban J connectivity index is 1.42. The molecule has 0 unspecified atom stereocenters. The van der Waals surface area contributed by atoms with E-state index in [4.69, 9.17) is 4.74 Å². The molecule has 6 nitrogen and oxygen atoms in total. The van der Waals surface area contributed by atoms with Crippen molar-refractivity contribution in [3.8, 4) is 11.5 Å². The van der Waals surface area contributed by atoms with Gasteiger partial charge in [0.1, 0.15) is 11.5 Å². The maximum Gasteiger partial charge on any atom is 0.220 e. The molecule has 0 bridgehead atoms. The second-order valence-corrected chi connectivity index (χ2v) is 8.90. The number of carbonyl (C=O) groups excluding carboxylic acids is 1. The van der Waals surface area contributed by atoms with E-state index in [0.717, 1.165) is 51.1 Å². The lowest BCUT2D eigenvalue weighted by Gasteiger charge is -2.38. The summed E-state index contributed by atoms with van der Waals surface area (Å²) in [6.45, 7) is 9.01. The van der Waals surface area contributed by atoms with Gasteiger partial charge in [0, 0.05) is 44.2 Å². The van der Waals surface area contributed by atoms with Crippen LogP contribution in [0, 0.1) is 11.8 Å². The Hall–Kier alpha value is -1.79. The maximum absolute atomic E-state index is 12.5. The van der Waals surface area contributed by atoms with Gasteiger partial charge in [0.25, 0.3) is 0 Å². The Morgan fingerprint density at radius 3 is 2.67 bits per heavy atom. The normalized spacial score (nSPS) is 23.3. The van der Waals surface area contributed by atoms with Gasteiger partial charge in [-0.15, -0.1) is 0 Å². The summed E-state index contributed by atoms with van der Waals surface area (Å²) in [5, 5.41) is 13.4. The molecule has 1 aromatic carbocycles. The summed E-state index contributed by atoms with van der Waals surface area (Å²) >= 11 is 0. The van der Waals surface area contributed by atoms with Crippen molar-refractivity contribution in [3.05, 3.63) is 23.8 Å². The van der Waals surface area contributed by atoms with Crippen LogP contribution in [0.25, 0.3) is 0 Å². The Morgan fingerprint density at radius 1 is 1.17 bits per heavy atom. The number of piperidine rings is 2. The summed E-state index contributed by atoms with van der Waals surface area (Å²) in [5.74, 6) is 2.14. The fourth-order valence-corrected chi connectivity index (χ4v) is 4.92. The number of hydrogen-bond acceptors (Lipinski definition) is 5. The Morgan fingerprint density at radius 2 is 1.97 bits per heavy atom. The van der Waals surface area contributed by atoms with Crippen LogP contribution in [0.1, 0.15) is 51.0 Å². The van der Waals surface area contributed by atoms with Crippen LogP contribution in [0.3, 0.4) is 0 Å². The van der Waals surface area contributed by atoms with Gasteiger partial charge in [-0.1, -0.05) is 25.8 Å². The third kappa shape index (κ3) is 6.61. The van der Waals surface area contributed by atoms with Gasteiger partial charge in [-0.2, -0.15) is 0 Å². The minimum absolute atomic E-state index is 0.205. The first-order chi connectivity index (χ1) is 14.6. The summed E-state index contributed by atoms with van der Waals surface area (Å²) in [4.78, 5) is 17.4. The third-order valence-corrected chi connectivity index (χ3v) is 6.83. The quantitative estimate of drug-likeness (QED) is 0.646. The van der Waals surface area contributed by atoms with Crippen molar-refractivity contribution in [1.82, 2.24) is 15.1 Å². The molecule has 2 aliphatic heterocycles. The van der Waals surface area contributed by atoms with Gasteiger partial charge in [0.05, 0.1) is 7.11 Å². The number of nitrogens with zero attached hydrogens (tertiary/aromatic N) is 2. The van der Waals surface area contributed by atoms with E-state index in [1.165, 1.54) is 32.4 Å². The molecule has 0 radical (unpaired) electrons. The molecular weight excluding hydrogens is 378 g/mol. The number of hydrogen-bond donors (Lipinski definition) is 2. The van der Waals surface area contributed by atoms with Crippen LogP contribution >= 0.6 is 0 Å². The van der Waals surface area contributed by atoms with Crippen LogP contribution in [0.4, 0.5) is 0 Å². The van der Waals surface area contributed by atoms with E-state index in [9.17, 15) is 9.90 Å². The molecule has 2 saturated heterocycles. The summed E-state index contributed by atoms with van der Waals surface area (Å²) in [5.41, 5.74) is 0.930. The fourth-order valence-electron chi connectivity index (χ4n) is 4.92. The predicted octanol–water partition coefficient (Wildman–Crippen LogP) is 3.24. The highest BCUT2D eigenvalue weighted by atomic mass is 16.5. The molecule has 3 rings (SSSR count). The molecule has 168 valence electrons. The van der Waals surface area contributed by atoms with Gasteiger partial charge >= 0.3 is 0 Å². The van der Waals surface area contributed by atoms with Gasteiger partial charge in [-0.25, -0.2) is 0 Å². The van der Waals surface area contributed by atoms with Crippen LogP contribution in [-0.2, 0) is 11.3 Å². The number of phenols is 1. The summed E-state index contributed by atoms with van der Waals surface area (Å²) < 4.78 is 5.17. The van der Waals surface area contributed by atoms with Gasteiger partial charge in [-0.05, 0) is 56.8 Å². The van der Waals surface area contributed by atoms with E-state index < -0.39 is 0 Å². The second kappa shape index (κ2) is 11.6. The molecule has 0 aromatic heterocycles. The number of methoxy groups -OCH3 is 1. The smallest absolute Gasteiger partial charge is 0.220 e. The van der Waals surface area contributed by atoms with Crippen LogP contribution in [0.15, 0.2) is 18.2 Å². The zero-order valence-corrected chi connectivity index (χ0v) is 18.7. The second-order valence-electron chi connectivity index (χ2n) is 8.90. The first-order valence-corrected chi connectivity index (χ1v) is 11.7. The van der Waals surface area contributed by atoms with Crippen LogP contribution in [0.2, 0.25) is 0 Å². The number of ether oxygens (including phenoxy) is 1. The van der Waals surface area contributed by atoms with Crippen LogP contribution < -0.4 is 10.1 Å². The minimum atomic E-state index is 0.205. The summed E-state index contributed by atoms with van der Waals surface area (Å²) in [6.07, 6.45) is 6.68. The number of carbonyl (C=O) groups is 1. The van der Waals surface area contributed by atoms with Crippen molar-refractivity contribution in [2.24, 2.45) is 11.8 Å². The van der Waals surface area contributed by atoms with Gasteiger partial charge in [0.2, 0.25) is 5.91 Å². The van der Waals surface area contributed by atoms with E-state index in [1.54, 1.807) is 13.2 Å². The highest BCUT2D eigenvalue weighted by Crippen LogP contribution is 2.31. The Kier molecular flexibility index (Phi) is 8.82. The van der Waals surface area contributed by atoms with Gasteiger partial charge in [0.15, 0.2) is 0 Å². The standard InChI is InChI=1S/C24H39N3O3/c1-3-19-17-27(18-21-7-8-22(30-2)16-23(21)28)13-9-20(19)15-24(29)25-10-14-26-11-5-4-6-12-26/h7-8,16,19-20,28H,3-6,9-15,17-18H2,1-2H3,(H,25,29)/t19-,20-/m0/s1. The first kappa shape index (κ1) is 22.9. The number of rotatable bonds is 9. The van der Waals surface area contributed by atoms with E-state index in [1.807, 2.05) is 12.1 Å². The maximum atomic E-state index is 12.5. The first-order valence-electron chi connectivity index (χ1n) is 11.7. The third-order valence-electron chi connectivity index (χ3n) is 6.83. The Labute approximate surface area is 181 Å². The van der Waals surface area contributed by atoms with Gasteiger partial charge < -0.3 is 20.1 Å². The molecule has 30 heavy (non-hydrogen) atoms. The van der Waals surface area contributed by atoms with Crippen molar-refractivity contribution >= 4 is 5.91 Å². The molecule has 0 aliphatic carbocycles. The van der Waals surface area contributed by atoms with Crippen molar-refractivity contribution in [3.63, 3.8) is 0 Å². The molecule has 1 amide bonds. The summed E-state index contributed by atoms with van der Waals surface area (Å²) in [7, 11) is 1.61. The van der Waals surface area contributed by atoms with Crippen molar-refractivity contribution in [2.45, 2.75) is 52.0 Å². The largest absolute Gasteiger partial charge is 0.507 e. The molecule has 2 fully saturated rings. The molecule has 2 atom stereocenters. The zero-order chi connectivity index (χ0) is 21.3. The number of nitrogens with one attached hydrogen (secondary N) is 1. The SMILES string of the molecule is CC[C@H]1CN(Cc2ccc(OC)cc2O)CC[C@H]1CC(=O)NCCN1CCCCC1. The predicted molar refractivity (Wildman–Crippen MR) is 120 cm³/mol. The topological polar surface area (TPSA) is 65.0 Å². The summed E-state index contributed by atoms with van der Waals surface area (Å²) in [6, 6.07) is 5.51. The van der Waals surface area contributed by atoms with E-state index in [2.05, 4.69) is 22.0 Å². The van der Waals surface area contributed by atoms with E-state index in [0.29, 0.717) is 24.0 Å². The molecule has 2 N–H and O–H groups in total. The molecule has 2 aliphatic rings. The van der Waals surface area contributed by atoms with Gasteiger partial charge in [-0.3, -0.25) is 9.69 Å². The van der Waals surface area contributed by atoms with E-state index in [-0.39, 0.29) is 11.7 Å². The molecule has 2 heterocycles. The minimum Gasteiger partial charge on any atom is -0.507 e.